The first-order valence-electron chi connectivity index (χ1n) is 7.21. The normalized spacial score (nSPS) is 11.8. The average Bonchev–Trinajstić information content (AvgIpc) is 2.53. The van der Waals surface area contributed by atoms with Crippen LogP contribution in [-0.2, 0) is 10.5 Å². The fourth-order valence-electron chi connectivity index (χ4n) is 2.03. The Hall–Kier alpha value is -1.94. The van der Waals surface area contributed by atoms with E-state index < -0.39 is 0 Å². The molecule has 0 radical (unpaired) electrons. The molecule has 2 aromatic carbocycles. The van der Waals surface area contributed by atoms with E-state index in [-0.39, 0.29) is 11.2 Å². The van der Waals surface area contributed by atoms with Gasteiger partial charge in [0.05, 0.1) is 18.0 Å². The van der Waals surface area contributed by atoms with Crippen LogP contribution in [-0.4, -0.2) is 18.3 Å². The number of ether oxygens (including phenoxy) is 1. The maximum absolute atomic E-state index is 12.3. The number of hydrogen-bond acceptors (Lipinski definition) is 3. The Morgan fingerprint density at radius 3 is 2.64 bits per heavy atom. The first kappa shape index (κ1) is 16.4. The third-order valence-electron chi connectivity index (χ3n) is 3.32. The van der Waals surface area contributed by atoms with E-state index in [0.29, 0.717) is 5.75 Å². The van der Waals surface area contributed by atoms with Crippen LogP contribution in [0, 0.1) is 6.92 Å². The van der Waals surface area contributed by atoms with Gasteiger partial charge in [-0.05, 0) is 37.1 Å². The predicted octanol–water partition coefficient (Wildman–Crippen LogP) is 4.26. The van der Waals surface area contributed by atoms with Gasteiger partial charge >= 0.3 is 0 Å². The second-order valence-electron chi connectivity index (χ2n) is 5.13. The molecule has 1 amide bonds. The van der Waals surface area contributed by atoms with E-state index in [0.717, 1.165) is 17.0 Å². The maximum Gasteiger partial charge on any atom is 0.237 e. The number of amides is 1. The first-order chi connectivity index (χ1) is 10.6. The van der Waals surface area contributed by atoms with E-state index in [1.165, 1.54) is 5.56 Å². The highest BCUT2D eigenvalue weighted by molar-refractivity contribution is 7.99. The van der Waals surface area contributed by atoms with Crippen LogP contribution in [0.2, 0.25) is 0 Å². The van der Waals surface area contributed by atoms with Crippen LogP contribution >= 0.6 is 11.8 Å². The molecule has 0 spiro atoms. The van der Waals surface area contributed by atoms with Crippen molar-refractivity contribution in [1.29, 1.82) is 0 Å². The van der Waals surface area contributed by atoms with Gasteiger partial charge in [0.25, 0.3) is 0 Å². The molecule has 2 rings (SSSR count). The quantitative estimate of drug-likeness (QED) is 0.865. The summed E-state index contributed by atoms with van der Waals surface area (Å²) in [7, 11) is 1.61. The predicted molar refractivity (Wildman–Crippen MR) is 93.6 cm³/mol. The Morgan fingerprint density at radius 2 is 1.95 bits per heavy atom. The number of thioether (sulfide) groups is 1. The third kappa shape index (κ3) is 4.53. The largest absolute Gasteiger partial charge is 0.495 e. The van der Waals surface area contributed by atoms with Gasteiger partial charge in [-0.25, -0.2) is 0 Å². The zero-order valence-corrected chi connectivity index (χ0v) is 13.9. The Bertz CT molecular complexity index is 628. The molecule has 0 aromatic heterocycles. The number of anilines is 1. The van der Waals surface area contributed by atoms with Crippen molar-refractivity contribution in [2.45, 2.75) is 24.9 Å². The number of nitrogens with one attached hydrogen (secondary N) is 1. The molecule has 1 N–H and O–H groups in total. The molecule has 0 bridgehead atoms. The number of carbonyl (C=O) groups is 1. The van der Waals surface area contributed by atoms with Crippen LogP contribution in [0.25, 0.3) is 0 Å². The van der Waals surface area contributed by atoms with E-state index in [2.05, 4.69) is 17.4 Å². The first-order valence-corrected chi connectivity index (χ1v) is 8.26. The molecular formula is C18H21NO2S. The molecule has 4 heteroatoms. The summed E-state index contributed by atoms with van der Waals surface area (Å²) >= 11 is 1.62. The second kappa shape index (κ2) is 7.90. The average molecular weight is 315 g/mol. The van der Waals surface area contributed by atoms with Crippen LogP contribution in [0.5, 0.6) is 5.75 Å². The van der Waals surface area contributed by atoms with Gasteiger partial charge in [0.1, 0.15) is 5.75 Å². The molecule has 0 aliphatic carbocycles. The van der Waals surface area contributed by atoms with Gasteiger partial charge < -0.3 is 10.1 Å². The lowest BCUT2D eigenvalue weighted by Gasteiger charge is -2.14. The van der Waals surface area contributed by atoms with E-state index in [4.69, 9.17) is 4.74 Å². The summed E-state index contributed by atoms with van der Waals surface area (Å²) in [6.45, 7) is 3.91. The Morgan fingerprint density at radius 1 is 1.23 bits per heavy atom. The molecule has 0 aliphatic heterocycles. The van der Waals surface area contributed by atoms with E-state index in [9.17, 15) is 4.79 Å². The van der Waals surface area contributed by atoms with Gasteiger partial charge in [0, 0.05) is 5.75 Å². The zero-order chi connectivity index (χ0) is 15.9. The number of rotatable bonds is 6. The molecule has 116 valence electrons. The van der Waals surface area contributed by atoms with Crippen LogP contribution < -0.4 is 10.1 Å². The summed E-state index contributed by atoms with van der Waals surface area (Å²) in [5.74, 6) is 1.49. The zero-order valence-electron chi connectivity index (χ0n) is 13.1. The summed E-state index contributed by atoms with van der Waals surface area (Å²) in [5, 5.41) is 2.82. The van der Waals surface area contributed by atoms with Gasteiger partial charge in [0.15, 0.2) is 0 Å². The Balaban J connectivity index is 1.95. The van der Waals surface area contributed by atoms with Crippen molar-refractivity contribution in [3.8, 4) is 5.75 Å². The number of aryl methyl sites for hydroxylation is 1. The van der Waals surface area contributed by atoms with Crippen molar-refractivity contribution in [3.05, 3.63) is 59.7 Å². The standard InChI is InChI=1S/C18H21NO2S/c1-13-9-10-17(21-3)16(11-13)19-18(20)14(2)22-12-15-7-5-4-6-8-15/h4-11,14H,12H2,1-3H3,(H,19,20)/t14-/m1/s1. The van der Waals surface area contributed by atoms with Crippen molar-refractivity contribution >= 4 is 23.4 Å². The van der Waals surface area contributed by atoms with E-state index >= 15 is 0 Å². The Kier molecular flexibility index (Phi) is 5.90. The van der Waals surface area contributed by atoms with E-state index in [1.54, 1.807) is 18.9 Å². The van der Waals surface area contributed by atoms with Crippen LogP contribution in [0.15, 0.2) is 48.5 Å². The molecular weight excluding hydrogens is 294 g/mol. The molecule has 0 saturated heterocycles. The van der Waals surface area contributed by atoms with Crippen molar-refractivity contribution in [3.63, 3.8) is 0 Å². The monoisotopic (exact) mass is 315 g/mol. The summed E-state index contributed by atoms with van der Waals surface area (Å²) < 4.78 is 5.29. The molecule has 0 fully saturated rings. The van der Waals surface area contributed by atoms with E-state index in [1.807, 2.05) is 50.2 Å². The van der Waals surface area contributed by atoms with Crippen LogP contribution in [0.3, 0.4) is 0 Å². The second-order valence-corrected chi connectivity index (χ2v) is 6.46. The van der Waals surface area contributed by atoms with Crippen molar-refractivity contribution in [1.82, 2.24) is 0 Å². The van der Waals surface area contributed by atoms with Gasteiger partial charge in [0.2, 0.25) is 5.91 Å². The smallest absolute Gasteiger partial charge is 0.237 e. The van der Waals surface area contributed by atoms with Crippen LogP contribution in [0.1, 0.15) is 18.1 Å². The van der Waals surface area contributed by atoms with Crippen molar-refractivity contribution in [2.75, 3.05) is 12.4 Å². The molecule has 0 aliphatic rings. The fraction of sp³-hybridized carbons (Fsp3) is 0.278. The SMILES string of the molecule is COc1ccc(C)cc1NC(=O)[C@@H](C)SCc1ccccc1. The Labute approximate surface area is 136 Å². The van der Waals surface area contributed by atoms with Gasteiger partial charge in [-0.2, -0.15) is 0 Å². The topological polar surface area (TPSA) is 38.3 Å². The summed E-state index contributed by atoms with van der Waals surface area (Å²) in [6, 6.07) is 15.9. The number of hydrogen-bond donors (Lipinski definition) is 1. The summed E-state index contributed by atoms with van der Waals surface area (Å²) in [6.07, 6.45) is 0. The fourth-order valence-corrected chi connectivity index (χ4v) is 2.87. The van der Waals surface area contributed by atoms with Gasteiger partial charge in [-0.1, -0.05) is 36.4 Å². The molecule has 0 saturated carbocycles. The molecule has 22 heavy (non-hydrogen) atoms. The molecule has 2 aromatic rings. The lowest BCUT2D eigenvalue weighted by molar-refractivity contribution is -0.115. The lowest BCUT2D eigenvalue weighted by Crippen LogP contribution is -2.23. The van der Waals surface area contributed by atoms with Crippen molar-refractivity contribution < 1.29 is 9.53 Å². The summed E-state index contributed by atoms with van der Waals surface area (Å²) in [4.78, 5) is 12.3. The number of methoxy groups -OCH3 is 1. The number of benzene rings is 2. The molecule has 0 heterocycles. The minimum absolute atomic E-state index is 0.00942. The maximum atomic E-state index is 12.3. The van der Waals surface area contributed by atoms with Gasteiger partial charge in [-0.15, -0.1) is 11.8 Å². The minimum atomic E-state index is -0.134. The minimum Gasteiger partial charge on any atom is -0.495 e. The van der Waals surface area contributed by atoms with Gasteiger partial charge in [-0.3, -0.25) is 4.79 Å². The third-order valence-corrected chi connectivity index (χ3v) is 4.54. The van der Waals surface area contributed by atoms with Crippen molar-refractivity contribution in [2.24, 2.45) is 0 Å². The molecule has 0 unspecified atom stereocenters. The highest BCUT2D eigenvalue weighted by atomic mass is 32.2. The molecule has 3 nitrogen and oxygen atoms in total. The highest BCUT2D eigenvalue weighted by Crippen LogP contribution is 2.26. The highest BCUT2D eigenvalue weighted by Gasteiger charge is 2.15. The number of carbonyl (C=O) groups excluding carboxylic acids is 1. The summed E-state index contributed by atoms with van der Waals surface area (Å²) in [5.41, 5.74) is 3.03. The van der Waals surface area contributed by atoms with Crippen LogP contribution in [0.4, 0.5) is 5.69 Å². The molecule has 1 atom stereocenters. The lowest BCUT2D eigenvalue weighted by atomic mass is 10.2.